The van der Waals surface area contributed by atoms with Crippen LogP contribution in [0.4, 0.5) is 0 Å². The first-order valence-corrected chi connectivity index (χ1v) is 11.0. The molecule has 6 heteroatoms. The lowest BCUT2D eigenvalue weighted by molar-refractivity contribution is 0.0956. The highest BCUT2D eigenvalue weighted by molar-refractivity contribution is 7.89. The predicted molar refractivity (Wildman–Crippen MR) is 115 cm³/mol. The van der Waals surface area contributed by atoms with Gasteiger partial charge < -0.3 is 5.32 Å². The van der Waals surface area contributed by atoms with Gasteiger partial charge in [0.1, 0.15) is 0 Å². The van der Waals surface area contributed by atoms with E-state index in [0.29, 0.717) is 5.56 Å². The van der Waals surface area contributed by atoms with E-state index >= 15 is 0 Å². The molecular formula is C23H24N2O3S. The molecule has 3 rings (SSSR count). The first-order valence-electron chi connectivity index (χ1n) is 9.43. The summed E-state index contributed by atoms with van der Waals surface area (Å²) in [5.74, 6) is -0.441. The highest BCUT2D eigenvalue weighted by atomic mass is 32.2. The predicted octanol–water partition coefficient (Wildman–Crippen LogP) is 3.45. The summed E-state index contributed by atoms with van der Waals surface area (Å²) >= 11 is 0. The average molecular weight is 409 g/mol. The summed E-state index contributed by atoms with van der Waals surface area (Å²) in [6.07, 6.45) is 0. The van der Waals surface area contributed by atoms with Crippen molar-refractivity contribution in [3.05, 3.63) is 108 Å². The van der Waals surface area contributed by atoms with Crippen molar-refractivity contribution in [2.75, 3.05) is 12.3 Å². The van der Waals surface area contributed by atoms with Crippen molar-refractivity contribution >= 4 is 15.9 Å². The standard InChI is InChI=1S/C23H24N2O3S/c26-23(22-14-8-3-9-15-22)24-16-17-29(27,28)25(18-20-10-4-1-5-11-20)19-21-12-6-2-7-13-21/h1-15H,16-19H2,(H,24,26). The molecule has 29 heavy (non-hydrogen) atoms. The number of nitrogens with zero attached hydrogens (tertiary/aromatic N) is 1. The summed E-state index contributed by atoms with van der Waals surface area (Å²) in [7, 11) is -3.58. The van der Waals surface area contributed by atoms with Gasteiger partial charge in [0.05, 0.1) is 5.75 Å². The Balaban J connectivity index is 1.68. The monoisotopic (exact) mass is 408 g/mol. The number of rotatable bonds is 9. The molecule has 0 aromatic heterocycles. The summed E-state index contributed by atoms with van der Waals surface area (Å²) in [5, 5.41) is 2.69. The highest BCUT2D eigenvalue weighted by Gasteiger charge is 2.22. The van der Waals surface area contributed by atoms with E-state index in [0.717, 1.165) is 11.1 Å². The Morgan fingerprint density at radius 3 is 1.66 bits per heavy atom. The van der Waals surface area contributed by atoms with Gasteiger partial charge in [0.2, 0.25) is 10.0 Å². The molecule has 1 N–H and O–H groups in total. The molecule has 0 atom stereocenters. The van der Waals surface area contributed by atoms with E-state index in [1.165, 1.54) is 4.31 Å². The zero-order valence-electron chi connectivity index (χ0n) is 16.1. The molecule has 0 unspecified atom stereocenters. The van der Waals surface area contributed by atoms with E-state index in [1.807, 2.05) is 66.7 Å². The molecule has 1 amide bonds. The Morgan fingerprint density at radius 1 is 0.724 bits per heavy atom. The van der Waals surface area contributed by atoms with Crippen molar-refractivity contribution in [2.24, 2.45) is 0 Å². The van der Waals surface area contributed by atoms with Crippen molar-refractivity contribution in [2.45, 2.75) is 13.1 Å². The average Bonchev–Trinajstić information content (AvgIpc) is 2.75. The summed E-state index contributed by atoms with van der Waals surface area (Å²) in [6.45, 7) is 0.617. The summed E-state index contributed by atoms with van der Waals surface area (Å²) < 4.78 is 27.5. The third-order valence-electron chi connectivity index (χ3n) is 4.48. The van der Waals surface area contributed by atoms with Crippen LogP contribution in [0.5, 0.6) is 0 Å². The van der Waals surface area contributed by atoms with Crippen LogP contribution in [0.1, 0.15) is 21.5 Å². The smallest absolute Gasteiger partial charge is 0.251 e. The maximum Gasteiger partial charge on any atom is 0.251 e. The number of carbonyl (C=O) groups is 1. The van der Waals surface area contributed by atoms with Gasteiger partial charge in [-0.25, -0.2) is 8.42 Å². The minimum atomic E-state index is -3.58. The summed E-state index contributed by atoms with van der Waals surface area (Å²) in [5.41, 5.74) is 2.34. The Morgan fingerprint density at radius 2 is 1.17 bits per heavy atom. The number of hydrogen-bond acceptors (Lipinski definition) is 3. The van der Waals surface area contributed by atoms with Crippen molar-refractivity contribution in [3.63, 3.8) is 0 Å². The molecule has 3 aromatic rings. The van der Waals surface area contributed by atoms with Gasteiger partial charge in [-0.05, 0) is 23.3 Å². The fraction of sp³-hybridized carbons (Fsp3) is 0.174. The lowest BCUT2D eigenvalue weighted by Gasteiger charge is -2.22. The first kappa shape index (κ1) is 20.8. The molecule has 0 aliphatic carbocycles. The van der Waals surface area contributed by atoms with Gasteiger partial charge in [0.25, 0.3) is 5.91 Å². The fourth-order valence-electron chi connectivity index (χ4n) is 2.94. The number of carbonyl (C=O) groups excluding carboxylic acids is 1. The minimum Gasteiger partial charge on any atom is -0.351 e. The van der Waals surface area contributed by atoms with Crippen molar-refractivity contribution < 1.29 is 13.2 Å². The lowest BCUT2D eigenvalue weighted by Crippen LogP contribution is -2.37. The van der Waals surface area contributed by atoms with E-state index in [1.54, 1.807) is 24.3 Å². The van der Waals surface area contributed by atoms with Crippen LogP contribution >= 0.6 is 0 Å². The Hall–Kier alpha value is -2.96. The van der Waals surface area contributed by atoms with Crippen LogP contribution in [-0.4, -0.2) is 30.9 Å². The van der Waals surface area contributed by atoms with Gasteiger partial charge in [-0.15, -0.1) is 0 Å². The Kier molecular flexibility index (Phi) is 7.16. The fourth-order valence-corrected chi connectivity index (χ4v) is 4.25. The normalized spacial score (nSPS) is 11.3. The maximum absolute atomic E-state index is 13.0. The lowest BCUT2D eigenvalue weighted by atomic mass is 10.2. The summed E-state index contributed by atoms with van der Waals surface area (Å²) in [6, 6.07) is 27.8. The van der Waals surface area contributed by atoms with Crippen LogP contribution in [-0.2, 0) is 23.1 Å². The van der Waals surface area contributed by atoms with Crippen molar-refractivity contribution in [1.29, 1.82) is 0 Å². The van der Waals surface area contributed by atoms with Crippen LogP contribution in [0.15, 0.2) is 91.0 Å². The SMILES string of the molecule is O=C(NCCS(=O)(=O)N(Cc1ccccc1)Cc1ccccc1)c1ccccc1. The Labute approximate surface area is 172 Å². The van der Waals surface area contributed by atoms with Gasteiger partial charge in [0, 0.05) is 25.2 Å². The molecule has 3 aromatic carbocycles. The quantitative estimate of drug-likeness (QED) is 0.590. The molecule has 0 aliphatic rings. The van der Waals surface area contributed by atoms with Gasteiger partial charge in [0.15, 0.2) is 0 Å². The highest BCUT2D eigenvalue weighted by Crippen LogP contribution is 2.14. The zero-order valence-corrected chi connectivity index (χ0v) is 16.9. The van der Waals surface area contributed by atoms with E-state index in [-0.39, 0.29) is 31.3 Å². The second-order valence-corrected chi connectivity index (χ2v) is 8.77. The minimum absolute atomic E-state index is 0.0517. The van der Waals surface area contributed by atoms with Crippen molar-refractivity contribution in [1.82, 2.24) is 9.62 Å². The number of nitrogens with one attached hydrogen (secondary N) is 1. The molecule has 0 fully saturated rings. The molecule has 5 nitrogen and oxygen atoms in total. The van der Waals surface area contributed by atoms with Gasteiger partial charge in [-0.1, -0.05) is 78.9 Å². The van der Waals surface area contributed by atoms with Crippen LogP contribution in [0.2, 0.25) is 0 Å². The first-order chi connectivity index (χ1) is 14.0. The van der Waals surface area contributed by atoms with E-state index in [9.17, 15) is 13.2 Å². The van der Waals surface area contributed by atoms with E-state index < -0.39 is 10.0 Å². The number of amides is 1. The van der Waals surface area contributed by atoms with Crippen molar-refractivity contribution in [3.8, 4) is 0 Å². The molecule has 0 heterocycles. The molecule has 0 spiro atoms. The molecule has 150 valence electrons. The van der Waals surface area contributed by atoms with E-state index in [2.05, 4.69) is 5.32 Å². The van der Waals surface area contributed by atoms with Crippen LogP contribution in [0, 0.1) is 0 Å². The van der Waals surface area contributed by atoms with Crippen LogP contribution < -0.4 is 5.32 Å². The molecule has 0 bridgehead atoms. The second-order valence-electron chi connectivity index (χ2n) is 6.68. The topological polar surface area (TPSA) is 66.5 Å². The largest absolute Gasteiger partial charge is 0.351 e. The zero-order chi connectivity index (χ0) is 20.5. The van der Waals surface area contributed by atoms with Gasteiger partial charge in [-0.2, -0.15) is 4.31 Å². The second kappa shape index (κ2) is 10.0. The third-order valence-corrected chi connectivity index (χ3v) is 6.24. The van der Waals surface area contributed by atoms with Crippen LogP contribution in [0.3, 0.4) is 0 Å². The van der Waals surface area contributed by atoms with E-state index in [4.69, 9.17) is 0 Å². The molecule has 0 saturated carbocycles. The number of hydrogen-bond donors (Lipinski definition) is 1. The molecule has 0 aliphatic heterocycles. The Bertz CT molecular complexity index is 966. The third kappa shape index (κ3) is 6.27. The maximum atomic E-state index is 13.0. The molecule has 0 saturated heterocycles. The summed E-state index contributed by atoms with van der Waals surface area (Å²) in [4.78, 5) is 12.2. The molecular weight excluding hydrogens is 384 g/mol. The number of benzene rings is 3. The van der Waals surface area contributed by atoms with Gasteiger partial charge in [-0.3, -0.25) is 4.79 Å². The number of sulfonamides is 1. The van der Waals surface area contributed by atoms with Gasteiger partial charge >= 0.3 is 0 Å². The molecule has 0 radical (unpaired) electrons. The van der Waals surface area contributed by atoms with Crippen LogP contribution in [0.25, 0.3) is 0 Å².